The number of allylic oxidation sites excluding steroid dienone is 2. The highest BCUT2D eigenvalue weighted by Crippen LogP contribution is 2.59. The molecule has 0 aromatic heterocycles. The van der Waals surface area contributed by atoms with E-state index >= 15 is 0 Å². The van der Waals surface area contributed by atoms with Gasteiger partial charge >= 0.3 is 0 Å². The van der Waals surface area contributed by atoms with Crippen LogP contribution >= 0.6 is 0 Å². The summed E-state index contributed by atoms with van der Waals surface area (Å²) in [5.74, 6) is 2.50. The summed E-state index contributed by atoms with van der Waals surface area (Å²) in [5, 5.41) is 0. The normalized spacial score (nSPS) is 39.2. The van der Waals surface area contributed by atoms with E-state index in [0.717, 1.165) is 24.7 Å². The highest BCUT2D eigenvalue weighted by atomic mass is 16.7. The maximum Gasteiger partial charge on any atom is 0.166 e. The van der Waals surface area contributed by atoms with Gasteiger partial charge in [0.05, 0.1) is 0 Å². The average molecular weight is 235 g/mol. The maximum absolute atomic E-state index is 6.04. The topological polar surface area (TPSA) is 59.6 Å². The van der Waals surface area contributed by atoms with Gasteiger partial charge in [0.25, 0.3) is 0 Å². The molecule has 17 heavy (non-hydrogen) atoms. The zero-order valence-corrected chi connectivity index (χ0v) is 10.4. The van der Waals surface area contributed by atoms with Crippen molar-refractivity contribution in [3.8, 4) is 0 Å². The van der Waals surface area contributed by atoms with Crippen LogP contribution in [0.3, 0.4) is 0 Å². The lowest BCUT2D eigenvalue weighted by Crippen LogP contribution is -2.52. The van der Waals surface area contributed by atoms with E-state index in [-0.39, 0.29) is 5.41 Å². The number of nitrogens with zero attached hydrogens (tertiary/aromatic N) is 1. The largest absolute Gasteiger partial charge is 0.330 e. The van der Waals surface area contributed by atoms with Crippen molar-refractivity contribution in [3.63, 3.8) is 0 Å². The SMILES string of the molecule is CCC1=C[C@@H]2[C@H](C1)C[C@]2(CN)CC1=NCON1. The number of hydroxylamine groups is 1. The van der Waals surface area contributed by atoms with Gasteiger partial charge in [-0.05, 0) is 43.1 Å². The first-order valence-electron chi connectivity index (χ1n) is 6.58. The van der Waals surface area contributed by atoms with Crippen LogP contribution in [0.2, 0.25) is 0 Å². The van der Waals surface area contributed by atoms with Gasteiger partial charge in [-0.25, -0.2) is 4.99 Å². The molecule has 0 bridgehead atoms. The Kier molecular flexibility index (Phi) is 2.71. The van der Waals surface area contributed by atoms with E-state index < -0.39 is 0 Å². The predicted molar refractivity (Wildman–Crippen MR) is 67.2 cm³/mol. The summed E-state index contributed by atoms with van der Waals surface area (Å²) in [6.45, 7) is 3.44. The second kappa shape index (κ2) is 4.10. The van der Waals surface area contributed by atoms with Gasteiger partial charge in [0.1, 0.15) is 5.84 Å². The molecule has 0 aromatic carbocycles. The fraction of sp³-hybridized carbons (Fsp3) is 0.769. The number of hydrogen-bond donors (Lipinski definition) is 2. The molecular formula is C13H21N3O. The van der Waals surface area contributed by atoms with Crippen LogP contribution in [0.4, 0.5) is 0 Å². The summed E-state index contributed by atoms with van der Waals surface area (Å²) < 4.78 is 0. The van der Waals surface area contributed by atoms with Crippen LogP contribution in [-0.2, 0) is 4.84 Å². The fourth-order valence-corrected chi connectivity index (χ4v) is 3.72. The molecule has 3 rings (SSSR count). The number of nitrogens with two attached hydrogens (primary N) is 1. The van der Waals surface area contributed by atoms with E-state index in [1.807, 2.05) is 0 Å². The van der Waals surface area contributed by atoms with Crippen molar-refractivity contribution in [3.05, 3.63) is 11.6 Å². The van der Waals surface area contributed by atoms with Crippen molar-refractivity contribution in [2.45, 2.75) is 32.6 Å². The summed E-state index contributed by atoms with van der Waals surface area (Å²) in [7, 11) is 0. The standard InChI is InChI=1S/C13H21N3O/c1-2-9-3-10-5-13(7-14,11(10)4-9)6-12-15-8-17-16-12/h4,10-11H,2-3,5-8,14H2,1H3,(H,15,16)/t10-,11-,13-/m1/s1. The maximum atomic E-state index is 6.04. The van der Waals surface area contributed by atoms with Gasteiger partial charge in [-0.15, -0.1) is 0 Å². The lowest BCUT2D eigenvalue weighted by Gasteiger charge is -2.52. The van der Waals surface area contributed by atoms with Crippen molar-refractivity contribution in [1.29, 1.82) is 0 Å². The Bertz CT molecular complexity index is 377. The van der Waals surface area contributed by atoms with Gasteiger partial charge in [0, 0.05) is 6.42 Å². The average Bonchev–Trinajstić information content (AvgIpc) is 2.94. The molecule has 3 atom stereocenters. The molecule has 1 heterocycles. The van der Waals surface area contributed by atoms with Gasteiger partial charge in [-0.3, -0.25) is 10.3 Å². The Morgan fingerprint density at radius 2 is 2.53 bits per heavy atom. The van der Waals surface area contributed by atoms with Crippen LogP contribution in [0.5, 0.6) is 0 Å². The molecule has 3 aliphatic rings. The number of hydrogen-bond acceptors (Lipinski definition) is 4. The van der Waals surface area contributed by atoms with Gasteiger partial charge < -0.3 is 5.73 Å². The Labute approximate surface area is 102 Å². The third-order valence-electron chi connectivity index (χ3n) is 4.71. The van der Waals surface area contributed by atoms with Crippen LogP contribution in [0.25, 0.3) is 0 Å². The van der Waals surface area contributed by atoms with Crippen LogP contribution in [-0.4, -0.2) is 19.1 Å². The molecule has 0 radical (unpaired) electrons. The molecule has 1 saturated carbocycles. The molecule has 4 heteroatoms. The summed E-state index contributed by atoms with van der Waals surface area (Å²) in [4.78, 5) is 9.37. The molecule has 0 amide bonds. The number of nitrogens with one attached hydrogen (secondary N) is 1. The third-order valence-corrected chi connectivity index (χ3v) is 4.71. The summed E-state index contributed by atoms with van der Waals surface area (Å²) in [6.07, 6.45) is 7.15. The highest BCUT2D eigenvalue weighted by Gasteiger charge is 2.54. The first-order chi connectivity index (χ1) is 8.27. The second-order valence-corrected chi connectivity index (χ2v) is 5.60. The quantitative estimate of drug-likeness (QED) is 0.727. The van der Waals surface area contributed by atoms with Crippen LogP contribution < -0.4 is 11.2 Å². The number of aliphatic imine (C=N–C) groups is 1. The van der Waals surface area contributed by atoms with Crippen LogP contribution in [0.1, 0.15) is 32.6 Å². The summed E-state index contributed by atoms with van der Waals surface area (Å²) in [6, 6.07) is 0. The molecular weight excluding hydrogens is 214 g/mol. The fourth-order valence-electron chi connectivity index (χ4n) is 3.72. The van der Waals surface area contributed by atoms with Crippen molar-refractivity contribution >= 4 is 5.84 Å². The lowest BCUT2D eigenvalue weighted by atomic mass is 9.53. The Morgan fingerprint density at radius 3 is 3.18 bits per heavy atom. The predicted octanol–water partition coefficient (Wildman–Crippen LogP) is 1.59. The van der Waals surface area contributed by atoms with E-state index in [1.165, 1.54) is 19.3 Å². The van der Waals surface area contributed by atoms with E-state index in [1.54, 1.807) is 5.57 Å². The molecule has 0 aromatic rings. The van der Waals surface area contributed by atoms with Crippen molar-refractivity contribution in [2.75, 3.05) is 13.3 Å². The summed E-state index contributed by atoms with van der Waals surface area (Å²) >= 11 is 0. The molecule has 0 saturated heterocycles. The van der Waals surface area contributed by atoms with E-state index in [4.69, 9.17) is 10.6 Å². The third kappa shape index (κ3) is 1.70. The second-order valence-electron chi connectivity index (χ2n) is 5.60. The molecule has 0 spiro atoms. The van der Waals surface area contributed by atoms with Gasteiger partial charge in [0.2, 0.25) is 0 Å². The van der Waals surface area contributed by atoms with Crippen LogP contribution in [0, 0.1) is 17.3 Å². The van der Waals surface area contributed by atoms with E-state index in [9.17, 15) is 0 Å². The Hall–Kier alpha value is -0.870. The zero-order valence-electron chi connectivity index (χ0n) is 10.4. The molecule has 3 N–H and O–H groups in total. The lowest BCUT2D eigenvalue weighted by molar-refractivity contribution is 0.0132. The first kappa shape index (κ1) is 11.2. The Balaban J connectivity index is 1.74. The smallest absolute Gasteiger partial charge is 0.166 e. The molecule has 1 fully saturated rings. The number of rotatable bonds is 4. The van der Waals surface area contributed by atoms with Crippen molar-refractivity contribution in [1.82, 2.24) is 5.48 Å². The molecule has 1 aliphatic heterocycles. The van der Waals surface area contributed by atoms with Crippen LogP contribution in [0.15, 0.2) is 16.6 Å². The molecule has 94 valence electrons. The first-order valence-corrected chi connectivity index (χ1v) is 6.58. The molecule has 2 aliphatic carbocycles. The van der Waals surface area contributed by atoms with Gasteiger partial charge in [-0.1, -0.05) is 18.6 Å². The highest BCUT2D eigenvalue weighted by molar-refractivity contribution is 5.83. The zero-order chi connectivity index (χ0) is 11.9. The molecule has 4 nitrogen and oxygen atoms in total. The monoisotopic (exact) mass is 235 g/mol. The van der Waals surface area contributed by atoms with Crippen molar-refractivity contribution in [2.24, 2.45) is 28.0 Å². The van der Waals surface area contributed by atoms with Crippen molar-refractivity contribution < 1.29 is 4.84 Å². The minimum Gasteiger partial charge on any atom is -0.330 e. The number of fused-ring (bicyclic) bond motifs is 1. The summed E-state index contributed by atoms with van der Waals surface area (Å²) in [5.41, 5.74) is 10.8. The van der Waals surface area contributed by atoms with Gasteiger partial charge in [-0.2, -0.15) is 0 Å². The Morgan fingerprint density at radius 1 is 1.65 bits per heavy atom. The number of amidine groups is 1. The minimum atomic E-state index is 0.237. The van der Waals surface area contributed by atoms with E-state index in [2.05, 4.69) is 23.5 Å². The molecule has 0 unspecified atom stereocenters. The van der Waals surface area contributed by atoms with E-state index in [0.29, 0.717) is 12.6 Å². The van der Waals surface area contributed by atoms with Gasteiger partial charge in [0.15, 0.2) is 6.73 Å². The minimum absolute atomic E-state index is 0.237.